The predicted octanol–water partition coefficient (Wildman–Crippen LogP) is 4.49. The van der Waals surface area contributed by atoms with Gasteiger partial charge in [0.1, 0.15) is 5.82 Å². The SMILES string of the molecule is Cc1ccc(NC(=O)N2CCN(c3nc(Cc4ccccc4)ns3)C[C@@H]2C)c(C)c1. The fraction of sp³-hybridized carbons (Fsp3) is 0.348. The number of urea groups is 1. The third kappa shape index (κ3) is 4.62. The Bertz CT molecular complexity index is 1020. The number of aromatic nitrogens is 2. The Morgan fingerprint density at radius 1 is 1.17 bits per heavy atom. The molecule has 7 heteroatoms. The first-order valence-corrected chi connectivity index (χ1v) is 11.0. The summed E-state index contributed by atoms with van der Waals surface area (Å²) < 4.78 is 4.53. The van der Waals surface area contributed by atoms with Crippen LogP contribution in [-0.2, 0) is 6.42 Å². The van der Waals surface area contributed by atoms with Gasteiger partial charge in [-0.25, -0.2) is 9.78 Å². The first-order chi connectivity index (χ1) is 14.5. The van der Waals surface area contributed by atoms with Crippen LogP contribution in [0.15, 0.2) is 48.5 Å². The third-order valence-electron chi connectivity index (χ3n) is 5.44. The molecule has 2 heterocycles. The lowest BCUT2D eigenvalue weighted by atomic mass is 10.1. The summed E-state index contributed by atoms with van der Waals surface area (Å²) in [7, 11) is 0. The second-order valence-electron chi connectivity index (χ2n) is 7.89. The molecule has 0 spiro atoms. The summed E-state index contributed by atoms with van der Waals surface area (Å²) in [5.74, 6) is 0.851. The van der Waals surface area contributed by atoms with E-state index in [1.807, 2.05) is 42.2 Å². The zero-order valence-corrected chi connectivity index (χ0v) is 18.4. The molecule has 1 fully saturated rings. The summed E-state index contributed by atoms with van der Waals surface area (Å²) in [6, 6.07) is 16.4. The van der Waals surface area contributed by atoms with E-state index in [4.69, 9.17) is 4.98 Å². The number of amides is 2. The van der Waals surface area contributed by atoms with E-state index < -0.39 is 0 Å². The first kappa shape index (κ1) is 20.3. The van der Waals surface area contributed by atoms with Crippen LogP contribution in [-0.4, -0.2) is 46.0 Å². The van der Waals surface area contributed by atoms with Crippen molar-refractivity contribution in [2.45, 2.75) is 33.2 Å². The lowest BCUT2D eigenvalue weighted by Gasteiger charge is -2.39. The smallest absolute Gasteiger partial charge is 0.322 e. The number of benzene rings is 2. The van der Waals surface area contributed by atoms with Crippen molar-refractivity contribution in [2.24, 2.45) is 0 Å². The Labute approximate surface area is 181 Å². The van der Waals surface area contributed by atoms with E-state index in [-0.39, 0.29) is 12.1 Å². The van der Waals surface area contributed by atoms with Gasteiger partial charge in [0.05, 0.1) is 0 Å². The summed E-state index contributed by atoms with van der Waals surface area (Å²) in [5.41, 5.74) is 4.35. The summed E-state index contributed by atoms with van der Waals surface area (Å²) in [4.78, 5) is 21.7. The molecule has 0 aliphatic carbocycles. The van der Waals surface area contributed by atoms with E-state index in [1.165, 1.54) is 22.7 Å². The lowest BCUT2D eigenvalue weighted by molar-refractivity contribution is 0.185. The Morgan fingerprint density at radius 2 is 1.97 bits per heavy atom. The molecular formula is C23H27N5OS. The van der Waals surface area contributed by atoms with Crippen molar-refractivity contribution in [1.82, 2.24) is 14.3 Å². The number of carbonyl (C=O) groups excluding carboxylic acids is 1. The highest BCUT2D eigenvalue weighted by molar-refractivity contribution is 7.09. The fourth-order valence-corrected chi connectivity index (χ4v) is 4.52. The minimum atomic E-state index is -0.0452. The molecular weight excluding hydrogens is 394 g/mol. The van der Waals surface area contributed by atoms with Crippen molar-refractivity contribution in [3.63, 3.8) is 0 Å². The van der Waals surface area contributed by atoms with E-state index in [0.29, 0.717) is 6.54 Å². The van der Waals surface area contributed by atoms with Crippen LogP contribution in [0.2, 0.25) is 0 Å². The molecule has 0 bridgehead atoms. The molecule has 4 rings (SSSR count). The van der Waals surface area contributed by atoms with Crippen LogP contribution in [0.25, 0.3) is 0 Å². The minimum Gasteiger partial charge on any atom is -0.343 e. The molecule has 3 aromatic rings. The topological polar surface area (TPSA) is 61.4 Å². The van der Waals surface area contributed by atoms with Gasteiger partial charge in [-0.1, -0.05) is 48.0 Å². The van der Waals surface area contributed by atoms with Crippen LogP contribution in [0.1, 0.15) is 29.4 Å². The number of carbonyl (C=O) groups is 1. The van der Waals surface area contributed by atoms with Crippen LogP contribution < -0.4 is 10.2 Å². The number of hydrogen-bond acceptors (Lipinski definition) is 5. The fourth-order valence-electron chi connectivity index (χ4n) is 3.80. The van der Waals surface area contributed by atoms with Gasteiger partial charge in [-0.15, -0.1) is 0 Å². The number of nitrogens with one attached hydrogen (secondary N) is 1. The van der Waals surface area contributed by atoms with Crippen LogP contribution in [0, 0.1) is 13.8 Å². The van der Waals surface area contributed by atoms with Crippen molar-refractivity contribution in [3.05, 3.63) is 71.0 Å². The van der Waals surface area contributed by atoms with Crippen LogP contribution >= 0.6 is 11.5 Å². The maximum absolute atomic E-state index is 12.8. The molecule has 1 atom stereocenters. The van der Waals surface area contributed by atoms with Gasteiger partial charge in [0.25, 0.3) is 0 Å². The van der Waals surface area contributed by atoms with E-state index in [2.05, 4.69) is 46.6 Å². The average Bonchev–Trinajstić information content (AvgIpc) is 3.19. The monoisotopic (exact) mass is 421 g/mol. The van der Waals surface area contributed by atoms with Gasteiger partial charge < -0.3 is 15.1 Å². The van der Waals surface area contributed by atoms with E-state index in [1.54, 1.807) is 0 Å². The summed E-state index contributed by atoms with van der Waals surface area (Å²) in [6.07, 6.45) is 0.741. The van der Waals surface area contributed by atoms with Crippen molar-refractivity contribution in [2.75, 3.05) is 29.9 Å². The molecule has 2 aromatic carbocycles. The number of anilines is 2. The van der Waals surface area contributed by atoms with Gasteiger partial charge in [-0.05, 0) is 38.0 Å². The van der Waals surface area contributed by atoms with E-state index in [9.17, 15) is 4.79 Å². The number of aryl methyl sites for hydroxylation is 2. The van der Waals surface area contributed by atoms with Gasteiger partial charge in [0.15, 0.2) is 0 Å². The molecule has 0 unspecified atom stereocenters. The van der Waals surface area contributed by atoms with Crippen molar-refractivity contribution in [1.29, 1.82) is 0 Å². The van der Waals surface area contributed by atoms with Crippen molar-refractivity contribution >= 4 is 28.4 Å². The van der Waals surface area contributed by atoms with Crippen molar-refractivity contribution in [3.8, 4) is 0 Å². The highest BCUT2D eigenvalue weighted by Gasteiger charge is 2.29. The Balaban J connectivity index is 1.36. The molecule has 0 radical (unpaired) electrons. The predicted molar refractivity (Wildman–Crippen MR) is 122 cm³/mol. The third-order valence-corrected chi connectivity index (χ3v) is 6.26. The Kier molecular flexibility index (Phi) is 5.99. The molecule has 156 valence electrons. The highest BCUT2D eigenvalue weighted by Crippen LogP contribution is 2.23. The Hall–Kier alpha value is -2.93. The van der Waals surface area contributed by atoms with Gasteiger partial charge >= 0.3 is 6.03 Å². The van der Waals surface area contributed by atoms with Gasteiger partial charge in [-0.3, -0.25) is 0 Å². The second-order valence-corrected chi connectivity index (χ2v) is 8.62. The van der Waals surface area contributed by atoms with Crippen LogP contribution in [0.3, 0.4) is 0 Å². The van der Waals surface area contributed by atoms with Gasteiger partial charge in [-0.2, -0.15) is 4.37 Å². The number of hydrogen-bond donors (Lipinski definition) is 1. The molecule has 0 saturated carbocycles. The maximum atomic E-state index is 12.8. The molecule has 1 aliphatic heterocycles. The van der Waals surface area contributed by atoms with E-state index >= 15 is 0 Å². The quantitative estimate of drug-likeness (QED) is 0.674. The molecule has 1 saturated heterocycles. The van der Waals surface area contributed by atoms with Crippen LogP contribution in [0.4, 0.5) is 15.6 Å². The standard InChI is InChI=1S/C23H27N5OS/c1-16-9-10-20(17(2)13-16)24-22(29)28-12-11-27(15-18(28)3)23-25-21(26-30-23)14-19-7-5-4-6-8-19/h4-10,13,18H,11-12,14-15H2,1-3H3,(H,24,29)/t18-/m0/s1. The summed E-state index contributed by atoms with van der Waals surface area (Å²) >= 11 is 1.44. The maximum Gasteiger partial charge on any atom is 0.322 e. The van der Waals surface area contributed by atoms with E-state index in [0.717, 1.165) is 41.7 Å². The Morgan fingerprint density at radius 3 is 2.70 bits per heavy atom. The molecule has 1 N–H and O–H groups in total. The summed E-state index contributed by atoms with van der Waals surface area (Å²) in [6.45, 7) is 8.32. The number of piperazine rings is 1. The number of nitrogens with zero attached hydrogens (tertiary/aromatic N) is 4. The summed E-state index contributed by atoms with van der Waals surface area (Å²) in [5, 5.41) is 4.00. The zero-order valence-electron chi connectivity index (χ0n) is 17.6. The van der Waals surface area contributed by atoms with Crippen molar-refractivity contribution < 1.29 is 4.79 Å². The molecule has 30 heavy (non-hydrogen) atoms. The molecule has 6 nitrogen and oxygen atoms in total. The van der Waals surface area contributed by atoms with Gasteiger partial charge in [0, 0.05) is 49.3 Å². The minimum absolute atomic E-state index is 0.0452. The van der Waals surface area contributed by atoms with Gasteiger partial charge in [0.2, 0.25) is 5.13 Å². The molecule has 1 aromatic heterocycles. The molecule has 2 amide bonds. The number of rotatable bonds is 4. The molecule has 1 aliphatic rings. The first-order valence-electron chi connectivity index (χ1n) is 10.3. The lowest BCUT2D eigenvalue weighted by Crippen LogP contribution is -2.55. The zero-order chi connectivity index (χ0) is 21.1. The normalized spacial score (nSPS) is 16.6. The van der Waals surface area contributed by atoms with Crippen LogP contribution in [0.5, 0.6) is 0 Å². The average molecular weight is 422 g/mol. The largest absolute Gasteiger partial charge is 0.343 e. The highest BCUT2D eigenvalue weighted by atomic mass is 32.1. The second kappa shape index (κ2) is 8.83.